The van der Waals surface area contributed by atoms with E-state index in [1.54, 1.807) is 0 Å². The van der Waals surface area contributed by atoms with Crippen LogP contribution in [0.2, 0.25) is 0 Å². The monoisotopic (exact) mass is 618 g/mol. The first kappa shape index (κ1) is 31.8. The Bertz CT molecular complexity index is 1700. The van der Waals surface area contributed by atoms with Gasteiger partial charge in [-0.25, -0.2) is 0 Å². The SMILES string of the molecule is CN(C)c1ccc(Cc2ccc(N(C)C)c(C(O)(c3ccccc3)c3ccccc3)c2)cc1C(O)(c1ccccc1)c1ccccc1. The maximum absolute atomic E-state index is 12.8. The molecule has 6 aromatic rings. The normalized spacial score (nSPS) is 11.7. The van der Waals surface area contributed by atoms with Crippen LogP contribution < -0.4 is 9.80 Å². The molecule has 0 unspecified atom stereocenters. The fraction of sp³-hybridized carbons (Fsp3) is 0.163. The highest BCUT2D eigenvalue weighted by Gasteiger charge is 2.38. The number of anilines is 2. The third-order valence-corrected chi connectivity index (χ3v) is 9.04. The highest BCUT2D eigenvalue weighted by Crippen LogP contribution is 2.43. The van der Waals surface area contributed by atoms with Gasteiger partial charge in [0, 0.05) is 50.7 Å². The number of benzene rings is 6. The van der Waals surface area contributed by atoms with Crippen LogP contribution in [0.5, 0.6) is 0 Å². The zero-order chi connectivity index (χ0) is 33.0. The van der Waals surface area contributed by atoms with E-state index in [1.807, 2.05) is 150 Å². The van der Waals surface area contributed by atoms with Gasteiger partial charge in [0.2, 0.25) is 0 Å². The van der Waals surface area contributed by atoms with Crippen molar-refractivity contribution in [2.45, 2.75) is 17.6 Å². The minimum atomic E-state index is -1.38. The molecule has 2 N–H and O–H groups in total. The van der Waals surface area contributed by atoms with Gasteiger partial charge in [-0.2, -0.15) is 0 Å². The Kier molecular flexibility index (Phi) is 8.99. The van der Waals surface area contributed by atoms with Crippen LogP contribution in [0.25, 0.3) is 0 Å². The topological polar surface area (TPSA) is 46.9 Å². The van der Waals surface area contributed by atoms with Crippen LogP contribution in [0, 0.1) is 0 Å². The fourth-order valence-corrected chi connectivity index (χ4v) is 6.65. The summed E-state index contributed by atoms with van der Waals surface area (Å²) in [5, 5.41) is 25.6. The molecule has 0 aliphatic heterocycles. The summed E-state index contributed by atoms with van der Waals surface area (Å²) < 4.78 is 0. The standard InChI is InChI=1S/C43H42N2O2/c1-44(2)40-27-25-32(30-38(40)42(46,34-17-9-5-10-18-34)35-19-11-6-12-20-35)29-33-26-28-41(45(3)4)39(31-33)43(47,36-21-13-7-14-22-36)37-23-15-8-16-24-37/h5-28,30-31,46-47H,29H2,1-4H3. The Morgan fingerprint density at radius 3 is 0.936 bits per heavy atom. The van der Waals surface area contributed by atoms with Crippen LogP contribution in [0.15, 0.2) is 158 Å². The largest absolute Gasteiger partial charge is 0.377 e. The lowest BCUT2D eigenvalue weighted by atomic mass is 9.78. The molecule has 0 fully saturated rings. The van der Waals surface area contributed by atoms with Crippen LogP contribution in [-0.4, -0.2) is 38.4 Å². The predicted molar refractivity (Wildman–Crippen MR) is 194 cm³/mol. The molecular weight excluding hydrogens is 576 g/mol. The van der Waals surface area contributed by atoms with Gasteiger partial charge in [0.15, 0.2) is 0 Å². The van der Waals surface area contributed by atoms with Crippen molar-refractivity contribution in [3.05, 3.63) is 202 Å². The molecule has 0 spiro atoms. The summed E-state index contributed by atoms with van der Waals surface area (Å²) in [7, 11) is 8.04. The second-order valence-electron chi connectivity index (χ2n) is 12.6. The molecule has 6 rings (SSSR count). The quantitative estimate of drug-likeness (QED) is 0.153. The van der Waals surface area contributed by atoms with Crippen LogP contribution in [-0.2, 0) is 17.6 Å². The summed E-state index contributed by atoms with van der Waals surface area (Å²) in [6.45, 7) is 0. The lowest BCUT2D eigenvalue weighted by Crippen LogP contribution is -2.31. The molecule has 4 heteroatoms. The van der Waals surface area contributed by atoms with Crippen molar-refractivity contribution in [2.75, 3.05) is 38.0 Å². The number of nitrogens with zero attached hydrogens (tertiary/aromatic N) is 2. The first-order valence-electron chi connectivity index (χ1n) is 16.0. The van der Waals surface area contributed by atoms with Gasteiger partial charge in [-0.15, -0.1) is 0 Å². The van der Waals surface area contributed by atoms with Gasteiger partial charge < -0.3 is 20.0 Å². The van der Waals surface area contributed by atoms with Gasteiger partial charge >= 0.3 is 0 Å². The second-order valence-corrected chi connectivity index (χ2v) is 12.6. The highest BCUT2D eigenvalue weighted by molar-refractivity contribution is 5.65. The third kappa shape index (κ3) is 6.06. The van der Waals surface area contributed by atoms with Crippen molar-refractivity contribution < 1.29 is 10.2 Å². The van der Waals surface area contributed by atoms with E-state index in [-0.39, 0.29) is 0 Å². The van der Waals surface area contributed by atoms with E-state index in [2.05, 4.69) is 46.2 Å². The molecule has 4 nitrogen and oxygen atoms in total. The zero-order valence-corrected chi connectivity index (χ0v) is 27.5. The fourth-order valence-electron chi connectivity index (χ4n) is 6.65. The van der Waals surface area contributed by atoms with Gasteiger partial charge in [-0.3, -0.25) is 0 Å². The Balaban J connectivity index is 1.51. The number of rotatable bonds is 10. The number of aliphatic hydroxyl groups is 2. The van der Waals surface area contributed by atoms with Gasteiger partial charge in [0.05, 0.1) is 0 Å². The summed E-state index contributed by atoms with van der Waals surface area (Å²) in [6.07, 6.45) is 0.612. The molecule has 0 heterocycles. The predicted octanol–water partition coefficient (Wildman–Crippen LogP) is 7.98. The van der Waals surface area contributed by atoms with Crippen molar-refractivity contribution >= 4 is 11.4 Å². The van der Waals surface area contributed by atoms with Gasteiger partial charge in [0.1, 0.15) is 11.2 Å². The van der Waals surface area contributed by atoms with E-state index in [4.69, 9.17) is 0 Å². The lowest BCUT2D eigenvalue weighted by Gasteiger charge is -2.34. The molecule has 0 amide bonds. The molecule has 0 bridgehead atoms. The van der Waals surface area contributed by atoms with Crippen molar-refractivity contribution in [1.29, 1.82) is 0 Å². The summed E-state index contributed by atoms with van der Waals surface area (Å²) >= 11 is 0. The summed E-state index contributed by atoms with van der Waals surface area (Å²) in [5.41, 5.74) is 6.09. The Hall–Kier alpha value is -5.16. The van der Waals surface area contributed by atoms with Crippen LogP contribution in [0.1, 0.15) is 44.5 Å². The molecule has 0 aromatic heterocycles. The first-order valence-corrected chi connectivity index (χ1v) is 16.0. The molecule has 0 radical (unpaired) electrons. The van der Waals surface area contributed by atoms with Crippen LogP contribution in [0.4, 0.5) is 11.4 Å². The van der Waals surface area contributed by atoms with Crippen molar-refractivity contribution in [2.24, 2.45) is 0 Å². The Morgan fingerprint density at radius 1 is 0.404 bits per heavy atom. The molecule has 0 atom stereocenters. The molecule has 0 aliphatic carbocycles. The van der Waals surface area contributed by atoms with Crippen molar-refractivity contribution in [3.8, 4) is 0 Å². The van der Waals surface area contributed by atoms with E-state index in [0.29, 0.717) is 6.42 Å². The molecule has 0 saturated carbocycles. The summed E-state index contributed by atoms with van der Waals surface area (Å²) in [4.78, 5) is 4.11. The smallest absolute Gasteiger partial charge is 0.142 e. The van der Waals surface area contributed by atoms with Crippen LogP contribution in [0.3, 0.4) is 0 Å². The van der Waals surface area contributed by atoms with Gasteiger partial charge in [0.25, 0.3) is 0 Å². The maximum atomic E-state index is 12.8. The molecular formula is C43H42N2O2. The number of hydrogen-bond acceptors (Lipinski definition) is 4. The maximum Gasteiger partial charge on any atom is 0.142 e. The average molecular weight is 619 g/mol. The molecule has 236 valence electrons. The van der Waals surface area contributed by atoms with Crippen molar-refractivity contribution in [3.63, 3.8) is 0 Å². The lowest BCUT2D eigenvalue weighted by molar-refractivity contribution is 0.126. The van der Waals surface area contributed by atoms with Crippen molar-refractivity contribution in [1.82, 2.24) is 0 Å². The zero-order valence-electron chi connectivity index (χ0n) is 27.5. The molecule has 47 heavy (non-hydrogen) atoms. The van der Waals surface area contributed by atoms with Gasteiger partial charge in [-0.1, -0.05) is 133 Å². The number of hydrogen-bond donors (Lipinski definition) is 2. The van der Waals surface area contributed by atoms with E-state index in [9.17, 15) is 10.2 Å². The average Bonchev–Trinajstić information content (AvgIpc) is 3.12. The van der Waals surface area contributed by atoms with E-state index >= 15 is 0 Å². The second kappa shape index (κ2) is 13.3. The Labute approximate surface area is 278 Å². The van der Waals surface area contributed by atoms with Gasteiger partial charge in [-0.05, 0) is 64.1 Å². The third-order valence-electron chi connectivity index (χ3n) is 9.04. The minimum absolute atomic E-state index is 0.612. The summed E-state index contributed by atoms with van der Waals surface area (Å²) in [6, 6.07) is 52.3. The van der Waals surface area contributed by atoms with E-state index in [0.717, 1.165) is 55.9 Å². The van der Waals surface area contributed by atoms with Crippen LogP contribution >= 0.6 is 0 Å². The van der Waals surface area contributed by atoms with E-state index < -0.39 is 11.2 Å². The molecule has 0 aliphatic rings. The van der Waals surface area contributed by atoms with E-state index in [1.165, 1.54) is 0 Å². The summed E-state index contributed by atoms with van der Waals surface area (Å²) in [5.74, 6) is 0. The first-order chi connectivity index (χ1) is 22.7. The molecule has 6 aromatic carbocycles. The molecule has 0 saturated heterocycles. The minimum Gasteiger partial charge on any atom is -0.377 e. The highest BCUT2D eigenvalue weighted by atomic mass is 16.3. The Morgan fingerprint density at radius 2 is 0.681 bits per heavy atom.